The fourth-order valence-electron chi connectivity index (χ4n) is 5.05. The predicted octanol–water partition coefficient (Wildman–Crippen LogP) is 4.87. The minimum Gasteiger partial charge on any atom is -0.497 e. The summed E-state index contributed by atoms with van der Waals surface area (Å²) >= 11 is 0. The predicted molar refractivity (Wildman–Crippen MR) is 138 cm³/mol. The molecule has 188 valence electrons. The number of aromatic nitrogens is 3. The molecule has 3 heterocycles. The average Bonchev–Trinajstić information content (AvgIpc) is 3.43. The van der Waals surface area contributed by atoms with Crippen LogP contribution in [-0.4, -0.2) is 43.2 Å². The van der Waals surface area contributed by atoms with Crippen LogP contribution in [0.5, 0.6) is 28.7 Å². The van der Waals surface area contributed by atoms with E-state index in [1.54, 1.807) is 34.8 Å². The van der Waals surface area contributed by atoms with Crippen molar-refractivity contribution in [2.45, 2.75) is 12.1 Å². The summed E-state index contributed by atoms with van der Waals surface area (Å²) in [5.74, 6) is 3.80. The number of hydrogen-bond donors (Lipinski definition) is 1. The minimum absolute atomic E-state index is 0.294. The molecule has 0 fully saturated rings. The molecule has 37 heavy (non-hydrogen) atoms. The second-order valence-electron chi connectivity index (χ2n) is 8.61. The van der Waals surface area contributed by atoms with Crippen LogP contribution in [0.25, 0.3) is 5.70 Å². The molecule has 2 atom stereocenters. The molecule has 0 saturated carbocycles. The molecular formula is C28H26N4O5. The fourth-order valence-corrected chi connectivity index (χ4v) is 5.05. The number of fused-ring (bicyclic) bond motifs is 3. The number of para-hydroxylation sites is 1. The van der Waals surface area contributed by atoms with Crippen molar-refractivity contribution in [2.75, 3.05) is 33.8 Å². The first-order valence-electron chi connectivity index (χ1n) is 11.8. The summed E-state index contributed by atoms with van der Waals surface area (Å²) in [6.45, 7) is 0. The summed E-state index contributed by atoms with van der Waals surface area (Å²) in [6, 6.07) is 19.5. The Labute approximate surface area is 214 Å². The van der Waals surface area contributed by atoms with Crippen LogP contribution in [-0.2, 0) is 0 Å². The van der Waals surface area contributed by atoms with Gasteiger partial charge in [-0.1, -0.05) is 24.3 Å². The van der Waals surface area contributed by atoms with Gasteiger partial charge in [-0.3, -0.25) is 0 Å². The van der Waals surface area contributed by atoms with Gasteiger partial charge in [0.15, 0.2) is 11.5 Å². The van der Waals surface area contributed by atoms with E-state index >= 15 is 0 Å². The van der Waals surface area contributed by atoms with Crippen LogP contribution < -0.4 is 29.0 Å². The van der Waals surface area contributed by atoms with Crippen molar-refractivity contribution in [2.24, 2.45) is 0 Å². The van der Waals surface area contributed by atoms with Gasteiger partial charge in [-0.25, -0.2) is 4.68 Å². The summed E-state index contributed by atoms with van der Waals surface area (Å²) in [4.78, 5) is 4.49. The smallest absolute Gasteiger partial charge is 0.226 e. The first kappa shape index (κ1) is 22.8. The van der Waals surface area contributed by atoms with Crippen LogP contribution >= 0.6 is 0 Å². The quantitative estimate of drug-likeness (QED) is 0.403. The first-order chi connectivity index (χ1) is 18.2. The second kappa shape index (κ2) is 9.09. The highest BCUT2D eigenvalue weighted by molar-refractivity contribution is 5.85. The number of hydrogen-bond acceptors (Lipinski definition) is 8. The van der Waals surface area contributed by atoms with Gasteiger partial charge in [-0.05, 0) is 42.0 Å². The summed E-state index contributed by atoms with van der Waals surface area (Å²) in [7, 11) is 6.45. The summed E-state index contributed by atoms with van der Waals surface area (Å²) in [5, 5.41) is 8.09. The Hall–Kier alpha value is -4.66. The molecule has 1 aromatic heterocycles. The van der Waals surface area contributed by atoms with E-state index in [4.69, 9.17) is 23.7 Å². The standard InChI is InChI=1S/C28H26N4O5/c1-33-18-11-9-16(10-12-18)25-23-24(31-28-29-15-30-32(25)28)19-7-5-6-8-20(19)37-26(23)17-13-21(34-2)27(36-4)22(14-17)35-3/h5-15,25-26H,1-4H3,(H,29,30,31)/t25-,26+/m1/s1. The molecule has 1 N–H and O–H groups in total. The number of ether oxygens (including phenoxy) is 5. The number of nitrogens with zero attached hydrogens (tertiary/aromatic N) is 3. The van der Waals surface area contributed by atoms with E-state index in [0.717, 1.165) is 39.5 Å². The lowest BCUT2D eigenvalue weighted by molar-refractivity contribution is 0.221. The third-order valence-electron chi connectivity index (χ3n) is 6.74. The Morgan fingerprint density at radius 3 is 2.24 bits per heavy atom. The maximum atomic E-state index is 6.71. The Morgan fingerprint density at radius 1 is 0.838 bits per heavy atom. The minimum atomic E-state index is -0.490. The van der Waals surface area contributed by atoms with Gasteiger partial charge in [0.25, 0.3) is 0 Å². The zero-order valence-corrected chi connectivity index (χ0v) is 20.9. The summed E-state index contributed by atoms with van der Waals surface area (Å²) in [6.07, 6.45) is 1.06. The van der Waals surface area contributed by atoms with Crippen LogP contribution in [0.1, 0.15) is 28.8 Å². The number of benzene rings is 3. The van der Waals surface area contributed by atoms with E-state index < -0.39 is 6.10 Å². The van der Waals surface area contributed by atoms with Gasteiger partial charge < -0.3 is 29.0 Å². The van der Waals surface area contributed by atoms with E-state index in [0.29, 0.717) is 23.2 Å². The Bertz CT molecular complexity index is 1470. The van der Waals surface area contributed by atoms with E-state index in [9.17, 15) is 0 Å². The lowest BCUT2D eigenvalue weighted by Crippen LogP contribution is -2.32. The van der Waals surface area contributed by atoms with Crippen LogP contribution in [0.4, 0.5) is 5.95 Å². The molecule has 6 rings (SSSR count). The molecule has 3 aromatic carbocycles. The van der Waals surface area contributed by atoms with Crippen LogP contribution in [0.2, 0.25) is 0 Å². The third kappa shape index (κ3) is 3.62. The van der Waals surface area contributed by atoms with Gasteiger partial charge in [0, 0.05) is 16.7 Å². The molecule has 0 unspecified atom stereocenters. The monoisotopic (exact) mass is 498 g/mol. The maximum Gasteiger partial charge on any atom is 0.226 e. The van der Waals surface area contributed by atoms with Crippen molar-refractivity contribution in [3.8, 4) is 28.7 Å². The Morgan fingerprint density at radius 2 is 1.57 bits per heavy atom. The molecule has 0 radical (unpaired) electrons. The molecule has 0 amide bonds. The molecule has 0 spiro atoms. The highest BCUT2D eigenvalue weighted by Crippen LogP contribution is 2.52. The van der Waals surface area contributed by atoms with Gasteiger partial charge in [-0.15, -0.1) is 0 Å². The van der Waals surface area contributed by atoms with Crippen molar-refractivity contribution in [1.29, 1.82) is 0 Å². The lowest BCUT2D eigenvalue weighted by Gasteiger charge is -2.39. The molecule has 0 aliphatic carbocycles. The zero-order chi connectivity index (χ0) is 25.5. The van der Waals surface area contributed by atoms with E-state index in [1.807, 2.05) is 65.3 Å². The number of anilines is 1. The molecule has 2 aliphatic heterocycles. The van der Waals surface area contributed by atoms with Crippen LogP contribution in [0.3, 0.4) is 0 Å². The van der Waals surface area contributed by atoms with Crippen molar-refractivity contribution in [1.82, 2.24) is 14.8 Å². The molecule has 2 aliphatic rings. The topological polar surface area (TPSA) is 88.9 Å². The Kier molecular flexibility index (Phi) is 5.60. The van der Waals surface area contributed by atoms with Gasteiger partial charge in [-0.2, -0.15) is 10.1 Å². The highest BCUT2D eigenvalue weighted by atomic mass is 16.5. The molecule has 9 heteroatoms. The van der Waals surface area contributed by atoms with Crippen molar-refractivity contribution in [3.05, 3.63) is 89.3 Å². The average molecular weight is 499 g/mol. The van der Waals surface area contributed by atoms with Gasteiger partial charge >= 0.3 is 0 Å². The molecule has 0 bridgehead atoms. The number of rotatable bonds is 6. The maximum absolute atomic E-state index is 6.71. The molecular weight excluding hydrogens is 472 g/mol. The van der Waals surface area contributed by atoms with Crippen LogP contribution in [0.15, 0.2) is 72.6 Å². The third-order valence-corrected chi connectivity index (χ3v) is 6.74. The molecule has 9 nitrogen and oxygen atoms in total. The lowest BCUT2D eigenvalue weighted by atomic mass is 9.84. The van der Waals surface area contributed by atoms with Gasteiger partial charge in [0.2, 0.25) is 11.7 Å². The molecule has 0 saturated heterocycles. The van der Waals surface area contributed by atoms with Gasteiger partial charge in [0.1, 0.15) is 30.0 Å². The SMILES string of the molecule is COc1ccc([C@@H]2C3=C(Nc4ncnn42)c2ccccc2O[C@H]3c2cc(OC)c(OC)c(OC)c2)cc1. The van der Waals surface area contributed by atoms with Gasteiger partial charge in [0.05, 0.1) is 34.1 Å². The normalized spacial score (nSPS) is 17.5. The summed E-state index contributed by atoms with van der Waals surface area (Å²) < 4.78 is 30.9. The Balaban J connectivity index is 1.60. The first-order valence-corrected chi connectivity index (χ1v) is 11.8. The highest BCUT2D eigenvalue weighted by Gasteiger charge is 2.41. The van der Waals surface area contributed by atoms with E-state index in [-0.39, 0.29) is 6.04 Å². The van der Waals surface area contributed by atoms with Crippen molar-refractivity contribution < 1.29 is 23.7 Å². The summed E-state index contributed by atoms with van der Waals surface area (Å²) in [5.41, 5.74) is 4.73. The fraction of sp³-hybridized carbons (Fsp3) is 0.214. The second-order valence-corrected chi connectivity index (χ2v) is 8.61. The van der Waals surface area contributed by atoms with Crippen LogP contribution in [0, 0.1) is 0 Å². The van der Waals surface area contributed by atoms with Crippen molar-refractivity contribution in [3.63, 3.8) is 0 Å². The number of nitrogens with one attached hydrogen (secondary N) is 1. The largest absolute Gasteiger partial charge is 0.497 e. The number of methoxy groups -OCH3 is 4. The zero-order valence-electron chi connectivity index (χ0n) is 20.9. The van der Waals surface area contributed by atoms with Crippen molar-refractivity contribution >= 4 is 11.6 Å². The van der Waals surface area contributed by atoms with E-state index in [2.05, 4.69) is 15.4 Å². The molecule has 4 aromatic rings. The van der Waals surface area contributed by atoms with E-state index in [1.165, 1.54) is 0 Å².